The van der Waals surface area contributed by atoms with Crippen LogP contribution in [0, 0.1) is 6.92 Å². The van der Waals surface area contributed by atoms with E-state index in [4.69, 9.17) is 11.6 Å². The van der Waals surface area contributed by atoms with E-state index in [2.05, 4.69) is 9.97 Å². The van der Waals surface area contributed by atoms with E-state index < -0.39 is 0 Å². The molecule has 0 bridgehead atoms. The Morgan fingerprint density at radius 3 is 2.93 bits per heavy atom. The van der Waals surface area contributed by atoms with Gasteiger partial charge in [-0.3, -0.25) is 4.79 Å². The van der Waals surface area contributed by atoms with Crippen LogP contribution in [0.3, 0.4) is 0 Å². The largest absolute Gasteiger partial charge is 0.358 e. The minimum Gasteiger partial charge on any atom is -0.358 e. The highest BCUT2D eigenvalue weighted by Crippen LogP contribution is 2.31. The Balaban J connectivity index is 1.47. The van der Waals surface area contributed by atoms with Crippen LogP contribution in [0.2, 0.25) is 5.02 Å². The van der Waals surface area contributed by atoms with Gasteiger partial charge in [-0.25, -0.2) is 4.98 Å². The molecule has 3 aromatic heterocycles. The molecule has 0 saturated carbocycles. The number of nitrogens with zero attached hydrogens (tertiary/aromatic N) is 3. The molecule has 136 valence electrons. The number of nitrogens with one attached hydrogen (secondary N) is 1. The van der Waals surface area contributed by atoms with Gasteiger partial charge in [-0.15, -0.1) is 0 Å². The highest BCUT2D eigenvalue weighted by atomic mass is 35.5. The van der Waals surface area contributed by atoms with E-state index in [-0.39, 0.29) is 5.91 Å². The Hall–Kier alpha value is -2.57. The predicted octanol–water partition coefficient (Wildman–Crippen LogP) is 4.58. The lowest BCUT2D eigenvalue weighted by Crippen LogP contribution is -2.35. The van der Waals surface area contributed by atoms with Crippen molar-refractivity contribution >= 4 is 39.7 Å². The molecule has 1 aliphatic rings. The van der Waals surface area contributed by atoms with Crippen molar-refractivity contribution in [1.29, 1.82) is 0 Å². The van der Waals surface area contributed by atoms with E-state index in [0.717, 1.165) is 28.1 Å². The summed E-state index contributed by atoms with van der Waals surface area (Å²) in [4.78, 5) is 23.9. The fraction of sp³-hybridized carbons (Fsp3) is 0.200. The number of halogens is 1. The van der Waals surface area contributed by atoms with Gasteiger partial charge >= 0.3 is 0 Å². The number of aryl methyl sites for hydroxylation is 1. The van der Waals surface area contributed by atoms with Crippen molar-refractivity contribution in [2.75, 3.05) is 6.54 Å². The summed E-state index contributed by atoms with van der Waals surface area (Å²) >= 11 is 7.62. The number of fused-ring (bicyclic) bond motifs is 3. The first-order valence-corrected chi connectivity index (χ1v) is 9.98. The Kier molecular flexibility index (Phi) is 3.84. The molecule has 4 aromatic rings. The highest BCUT2D eigenvalue weighted by molar-refractivity contribution is 7.16. The number of carbonyl (C=O) groups excluding carboxylic acids is 1. The molecule has 1 N–H and O–H groups in total. The maximum Gasteiger partial charge on any atom is 0.266 e. The zero-order valence-corrected chi connectivity index (χ0v) is 16.3. The molecule has 5 nitrogen and oxygen atoms in total. The maximum absolute atomic E-state index is 13.2. The van der Waals surface area contributed by atoms with E-state index in [1.54, 1.807) is 0 Å². The van der Waals surface area contributed by atoms with Gasteiger partial charge in [0.2, 0.25) is 0 Å². The average molecular weight is 397 g/mol. The van der Waals surface area contributed by atoms with Gasteiger partial charge in [-0.1, -0.05) is 22.9 Å². The van der Waals surface area contributed by atoms with Crippen molar-refractivity contribution < 1.29 is 4.79 Å². The second-order valence-electron chi connectivity index (χ2n) is 6.75. The molecule has 0 unspecified atom stereocenters. The van der Waals surface area contributed by atoms with Crippen molar-refractivity contribution in [3.63, 3.8) is 0 Å². The molecule has 5 rings (SSSR count). The van der Waals surface area contributed by atoms with Gasteiger partial charge in [0.05, 0.1) is 5.69 Å². The van der Waals surface area contributed by atoms with Crippen molar-refractivity contribution in [2.24, 2.45) is 0 Å². The highest BCUT2D eigenvalue weighted by Gasteiger charge is 2.27. The molecule has 0 atom stereocenters. The summed E-state index contributed by atoms with van der Waals surface area (Å²) in [5.74, 6) is 0.0467. The minimum absolute atomic E-state index is 0.0467. The average Bonchev–Trinajstić information content (AvgIpc) is 3.38. The molecule has 0 spiro atoms. The molecular formula is C20H17ClN4OS. The van der Waals surface area contributed by atoms with Crippen molar-refractivity contribution in [1.82, 2.24) is 19.4 Å². The number of carbonyl (C=O) groups is 1. The third-order valence-electron chi connectivity index (χ3n) is 5.03. The Morgan fingerprint density at radius 1 is 1.30 bits per heavy atom. The summed E-state index contributed by atoms with van der Waals surface area (Å²) in [6.45, 7) is 3.19. The number of amides is 1. The monoisotopic (exact) mass is 396 g/mol. The first-order chi connectivity index (χ1) is 13.1. The Morgan fingerprint density at radius 2 is 2.11 bits per heavy atom. The molecule has 0 radical (unpaired) electrons. The predicted molar refractivity (Wildman–Crippen MR) is 108 cm³/mol. The van der Waals surface area contributed by atoms with E-state index >= 15 is 0 Å². The van der Waals surface area contributed by atoms with E-state index in [9.17, 15) is 4.79 Å². The fourth-order valence-corrected chi connectivity index (χ4v) is 4.83. The molecular weight excluding hydrogens is 380 g/mol. The smallest absolute Gasteiger partial charge is 0.266 e. The van der Waals surface area contributed by atoms with Crippen LogP contribution in [-0.2, 0) is 13.0 Å². The van der Waals surface area contributed by atoms with E-state index in [1.807, 2.05) is 59.1 Å². The number of aromatic nitrogens is 3. The molecule has 0 saturated heterocycles. The third kappa shape index (κ3) is 2.76. The number of aromatic amines is 1. The number of rotatable bonds is 2. The number of hydrogen-bond acceptors (Lipinski definition) is 3. The molecule has 27 heavy (non-hydrogen) atoms. The maximum atomic E-state index is 13.2. The summed E-state index contributed by atoms with van der Waals surface area (Å²) in [6, 6.07) is 9.76. The molecule has 0 fully saturated rings. The lowest BCUT2D eigenvalue weighted by Gasteiger charge is -2.27. The van der Waals surface area contributed by atoms with Crippen LogP contribution in [-0.4, -0.2) is 31.9 Å². The van der Waals surface area contributed by atoms with Crippen LogP contribution in [0.15, 0.2) is 42.7 Å². The van der Waals surface area contributed by atoms with Gasteiger partial charge in [0.1, 0.15) is 4.88 Å². The first-order valence-electron chi connectivity index (χ1n) is 8.79. The van der Waals surface area contributed by atoms with Crippen LogP contribution in [0.1, 0.15) is 26.6 Å². The third-order valence-corrected chi connectivity index (χ3v) is 6.42. The standard InChI is InChI=1S/C20H17ClN4OS/c1-12-18(27-20(22-12)24-7-2-3-8-24)19(26)25-9-6-17-15(11-25)14-10-13(21)4-5-16(14)23-17/h2-5,7-8,10,23H,6,9,11H2,1H3. The van der Waals surface area contributed by atoms with E-state index in [0.29, 0.717) is 23.0 Å². The molecule has 4 heterocycles. The van der Waals surface area contributed by atoms with Crippen molar-refractivity contribution in [2.45, 2.75) is 19.9 Å². The van der Waals surface area contributed by atoms with Crippen LogP contribution in [0.25, 0.3) is 16.0 Å². The minimum atomic E-state index is 0.0467. The second-order valence-corrected chi connectivity index (χ2v) is 8.16. The first kappa shape index (κ1) is 16.6. The number of hydrogen-bond donors (Lipinski definition) is 1. The van der Waals surface area contributed by atoms with Crippen LogP contribution >= 0.6 is 22.9 Å². The number of H-pyrrole nitrogens is 1. The van der Waals surface area contributed by atoms with Crippen LogP contribution in [0.4, 0.5) is 0 Å². The molecule has 0 aliphatic carbocycles. The molecule has 1 aliphatic heterocycles. The van der Waals surface area contributed by atoms with Crippen molar-refractivity contribution in [3.8, 4) is 5.13 Å². The van der Waals surface area contributed by atoms with Gasteiger partial charge in [-0.05, 0) is 37.3 Å². The zero-order chi connectivity index (χ0) is 18.5. The summed E-state index contributed by atoms with van der Waals surface area (Å²) in [6.07, 6.45) is 4.69. The van der Waals surface area contributed by atoms with Gasteiger partial charge in [0.15, 0.2) is 5.13 Å². The molecule has 7 heteroatoms. The summed E-state index contributed by atoms with van der Waals surface area (Å²) in [5, 5.41) is 2.63. The fourth-order valence-electron chi connectivity index (χ4n) is 3.66. The Labute approximate surface area is 165 Å². The van der Waals surface area contributed by atoms with Crippen LogP contribution < -0.4 is 0 Å². The van der Waals surface area contributed by atoms with Gasteiger partial charge in [-0.2, -0.15) is 0 Å². The number of benzene rings is 1. The number of thiazole rings is 1. The Bertz CT molecular complexity index is 1160. The quantitative estimate of drug-likeness (QED) is 0.539. The lowest BCUT2D eigenvalue weighted by molar-refractivity contribution is 0.0739. The van der Waals surface area contributed by atoms with Gasteiger partial charge < -0.3 is 14.5 Å². The lowest BCUT2D eigenvalue weighted by atomic mass is 10.0. The van der Waals surface area contributed by atoms with E-state index in [1.165, 1.54) is 22.6 Å². The topological polar surface area (TPSA) is 53.9 Å². The summed E-state index contributed by atoms with van der Waals surface area (Å²) < 4.78 is 1.93. The normalized spacial score (nSPS) is 13.9. The van der Waals surface area contributed by atoms with Crippen LogP contribution in [0.5, 0.6) is 0 Å². The zero-order valence-electron chi connectivity index (χ0n) is 14.7. The molecule has 1 aromatic carbocycles. The summed E-state index contributed by atoms with van der Waals surface area (Å²) in [7, 11) is 0. The van der Waals surface area contributed by atoms with Gasteiger partial charge in [0, 0.05) is 59.1 Å². The second kappa shape index (κ2) is 6.25. The SMILES string of the molecule is Cc1nc(-n2cccc2)sc1C(=O)N1CCc2[nH]c3ccc(Cl)cc3c2C1. The summed E-state index contributed by atoms with van der Waals surface area (Å²) in [5.41, 5.74) is 4.22. The van der Waals surface area contributed by atoms with Crippen molar-refractivity contribution in [3.05, 3.63) is 69.6 Å². The molecule has 1 amide bonds. The van der Waals surface area contributed by atoms with Gasteiger partial charge in [0.25, 0.3) is 5.91 Å².